The second kappa shape index (κ2) is 6.76. The van der Waals surface area contributed by atoms with Crippen LogP contribution in [0.2, 0.25) is 0 Å². The first-order chi connectivity index (χ1) is 8.18. The average Bonchev–Trinajstić information content (AvgIpc) is 2.32. The van der Waals surface area contributed by atoms with Gasteiger partial charge >= 0.3 is 0 Å². The standard InChI is InChI=1S/C14H20N2O.ClH/c1-11-5-3-4-6-13(11)9-14(17)16-8-7-15-10-12(16)2;/h3-6,12,15H,7-10H2,1-2H3;1H. The summed E-state index contributed by atoms with van der Waals surface area (Å²) in [7, 11) is 0. The molecule has 1 fully saturated rings. The first-order valence-electron chi connectivity index (χ1n) is 6.23. The number of carbonyl (C=O) groups is 1. The van der Waals surface area contributed by atoms with Crippen LogP contribution in [0.3, 0.4) is 0 Å². The van der Waals surface area contributed by atoms with E-state index in [9.17, 15) is 4.79 Å². The monoisotopic (exact) mass is 268 g/mol. The molecule has 1 heterocycles. The Labute approximate surface area is 115 Å². The second-order valence-electron chi connectivity index (χ2n) is 4.74. The van der Waals surface area contributed by atoms with Crippen LogP contribution in [0.4, 0.5) is 0 Å². The lowest BCUT2D eigenvalue weighted by Crippen LogP contribution is -2.52. The normalized spacial score (nSPS) is 19.2. The third-order valence-electron chi connectivity index (χ3n) is 3.42. The zero-order chi connectivity index (χ0) is 12.3. The number of aryl methyl sites for hydroxylation is 1. The van der Waals surface area contributed by atoms with E-state index in [2.05, 4.69) is 25.2 Å². The molecule has 100 valence electrons. The van der Waals surface area contributed by atoms with Crippen LogP contribution in [-0.2, 0) is 11.2 Å². The minimum atomic E-state index is 0. The fraction of sp³-hybridized carbons (Fsp3) is 0.500. The summed E-state index contributed by atoms with van der Waals surface area (Å²) in [6.07, 6.45) is 0.525. The van der Waals surface area contributed by atoms with Crippen molar-refractivity contribution in [2.75, 3.05) is 19.6 Å². The minimum Gasteiger partial charge on any atom is -0.337 e. The van der Waals surface area contributed by atoms with Crippen LogP contribution in [0.5, 0.6) is 0 Å². The summed E-state index contributed by atoms with van der Waals surface area (Å²) >= 11 is 0. The third kappa shape index (κ3) is 3.47. The molecule has 0 aromatic heterocycles. The quantitative estimate of drug-likeness (QED) is 0.887. The number of carbonyl (C=O) groups excluding carboxylic acids is 1. The SMILES string of the molecule is Cc1ccccc1CC(=O)N1CCNCC1C.Cl. The van der Waals surface area contributed by atoms with Gasteiger partial charge in [0.1, 0.15) is 0 Å². The Morgan fingerprint density at radius 3 is 2.83 bits per heavy atom. The Morgan fingerprint density at radius 2 is 2.17 bits per heavy atom. The van der Waals surface area contributed by atoms with E-state index < -0.39 is 0 Å². The van der Waals surface area contributed by atoms with Crippen molar-refractivity contribution in [3.05, 3.63) is 35.4 Å². The van der Waals surface area contributed by atoms with Gasteiger partial charge in [0.25, 0.3) is 0 Å². The highest BCUT2D eigenvalue weighted by molar-refractivity contribution is 5.85. The summed E-state index contributed by atoms with van der Waals surface area (Å²) in [5.41, 5.74) is 2.34. The summed E-state index contributed by atoms with van der Waals surface area (Å²) in [4.78, 5) is 14.2. The molecule has 1 aliphatic rings. The van der Waals surface area contributed by atoms with E-state index in [1.807, 2.05) is 23.1 Å². The Morgan fingerprint density at radius 1 is 1.44 bits per heavy atom. The number of piperazine rings is 1. The molecule has 3 nitrogen and oxygen atoms in total. The van der Waals surface area contributed by atoms with Crippen molar-refractivity contribution in [2.24, 2.45) is 0 Å². The van der Waals surface area contributed by atoms with Gasteiger partial charge in [-0.25, -0.2) is 0 Å². The molecule has 0 spiro atoms. The zero-order valence-electron chi connectivity index (χ0n) is 11.0. The van der Waals surface area contributed by atoms with E-state index in [0.717, 1.165) is 25.2 Å². The number of benzene rings is 1. The van der Waals surface area contributed by atoms with Gasteiger partial charge in [0.15, 0.2) is 0 Å². The summed E-state index contributed by atoms with van der Waals surface area (Å²) in [5.74, 6) is 0.244. The molecular weight excluding hydrogens is 248 g/mol. The van der Waals surface area contributed by atoms with Gasteiger partial charge < -0.3 is 10.2 Å². The zero-order valence-corrected chi connectivity index (χ0v) is 11.8. The number of halogens is 1. The molecule has 1 atom stereocenters. The van der Waals surface area contributed by atoms with E-state index in [1.165, 1.54) is 5.56 Å². The highest BCUT2D eigenvalue weighted by atomic mass is 35.5. The van der Waals surface area contributed by atoms with Crippen molar-refractivity contribution in [1.29, 1.82) is 0 Å². The van der Waals surface area contributed by atoms with Crippen LogP contribution in [-0.4, -0.2) is 36.5 Å². The maximum absolute atomic E-state index is 12.2. The highest BCUT2D eigenvalue weighted by Gasteiger charge is 2.22. The largest absolute Gasteiger partial charge is 0.337 e. The molecule has 18 heavy (non-hydrogen) atoms. The molecule has 1 aliphatic heterocycles. The van der Waals surface area contributed by atoms with Crippen molar-refractivity contribution in [2.45, 2.75) is 26.3 Å². The maximum atomic E-state index is 12.2. The van der Waals surface area contributed by atoms with Gasteiger partial charge in [0.2, 0.25) is 5.91 Å². The van der Waals surface area contributed by atoms with Gasteiger partial charge in [0.05, 0.1) is 6.42 Å². The Balaban J connectivity index is 0.00000162. The lowest BCUT2D eigenvalue weighted by atomic mass is 10.0. The summed E-state index contributed by atoms with van der Waals surface area (Å²) in [6.45, 7) is 6.79. The Kier molecular flexibility index (Phi) is 5.63. The number of nitrogens with one attached hydrogen (secondary N) is 1. The van der Waals surface area contributed by atoms with Gasteiger partial charge in [-0.2, -0.15) is 0 Å². The Hall–Kier alpha value is -1.06. The molecule has 2 rings (SSSR count). The Bertz CT molecular complexity index is 409. The van der Waals surface area contributed by atoms with Crippen LogP contribution in [0, 0.1) is 6.92 Å². The van der Waals surface area contributed by atoms with Gasteiger partial charge in [-0.15, -0.1) is 12.4 Å². The molecule has 1 N–H and O–H groups in total. The fourth-order valence-electron chi connectivity index (χ4n) is 2.28. The van der Waals surface area contributed by atoms with Gasteiger partial charge in [-0.05, 0) is 25.0 Å². The first kappa shape index (κ1) is 15.0. The fourth-order valence-corrected chi connectivity index (χ4v) is 2.28. The van der Waals surface area contributed by atoms with Gasteiger partial charge in [0, 0.05) is 25.7 Å². The number of amides is 1. The lowest BCUT2D eigenvalue weighted by Gasteiger charge is -2.34. The summed E-state index contributed by atoms with van der Waals surface area (Å²) in [5, 5.41) is 3.30. The van der Waals surface area contributed by atoms with Crippen LogP contribution in [0.15, 0.2) is 24.3 Å². The predicted molar refractivity (Wildman–Crippen MR) is 76.2 cm³/mol. The minimum absolute atomic E-state index is 0. The molecule has 0 radical (unpaired) electrons. The highest BCUT2D eigenvalue weighted by Crippen LogP contribution is 2.11. The first-order valence-corrected chi connectivity index (χ1v) is 6.23. The predicted octanol–water partition coefficient (Wildman–Crippen LogP) is 1.78. The number of hydrogen-bond donors (Lipinski definition) is 1. The molecule has 1 saturated heterocycles. The van der Waals surface area contributed by atoms with Crippen LogP contribution in [0.1, 0.15) is 18.1 Å². The second-order valence-corrected chi connectivity index (χ2v) is 4.74. The van der Waals surface area contributed by atoms with E-state index in [0.29, 0.717) is 12.5 Å². The van der Waals surface area contributed by atoms with E-state index >= 15 is 0 Å². The maximum Gasteiger partial charge on any atom is 0.227 e. The van der Waals surface area contributed by atoms with Gasteiger partial charge in [-0.3, -0.25) is 4.79 Å². The van der Waals surface area contributed by atoms with Crippen molar-refractivity contribution in [3.8, 4) is 0 Å². The third-order valence-corrected chi connectivity index (χ3v) is 3.42. The smallest absolute Gasteiger partial charge is 0.227 e. The van der Waals surface area contributed by atoms with E-state index in [-0.39, 0.29) is 18.3 Å². The van der Waals surface area contributed by atoms with Crippen molar-refractivity contribution in [3.63, 3.8) is 0 Å². The molecule has 4 heteroatoms. The van der Waals surface area contributed by atoms with Crippen LogP contribution in [0.25, 0.3) is 0 Å². The molecule has 0 saturated carbocycles. The lowest BCUT2D eigenvalue weighted by molar-refractivity contribution is -0.133. The summed E-state index contributed by atoms with van der Waals surface area (Å²) < 4.78 is 0. The molecule has 0 aliphatic carbocycles. The van der Waals surface area contributed by atoms with Crippen molar-refractivity contribution in [1.82, 2.24) is 10.2 Å². The molecule has 1 amide bonds. The van der Waals surface area contributed by atoms with Gasteiger partial charge in [-0.1, -0.05) is 24.3 Å². The van der Waals surface area contributed by atoms with Crippen molar-refractivity contribution >= 4 is 18.3 Å². The molecule has 1 aromatic carbocycles. The molecular formula is C14H21ClN2O. The number of nitrogens with zero attached hydrogens (tertiary/aromatic N) is 1. The molecule has 0 bridgehead atoms. The van der Waals surface area contributed by atoms with E-state index in [1.54, 1.807) is 0 Å². The average molecular weight is 269 g/mol. The summed E-state index contributed by atoms with van der Waals surface area (Å²) in [6, 6.07) is 8.41. The number of hydrogen-bond acceptors (Lipinski definition) is 2. The van der Waals surface area contributed by atoms with E-state index in [4.69, 9.17) is 0 Å². The van der Waals surface area contributed by atoms with Crippen LogP contribution < -0.4 is 5.32 Å². The molecule has 1 unspecified atom stereocenters. The van der Waals surface area contributed by atoms with Crippen molar-refractivity contribution < 1.29 is 4.79 Å². The number of rotatable bonds is 2. The topological polar surface area (TPSA) is 32.3 Å². The van der Waals surface area contributed by atoms with Crippen LogP contribution >= 0.6 is 12.4 Å². The molecule has 1 aromatic rings.